The molecule has 18 heavy (non-hydrogen) atoms. The molecule has 1 aromatic rings. The van der Waals surface area contributed by atoms with E-state index in [9.17, 15) is 9.59 Å². The van der Waals surface area contributed by atoms with Crippen LogP contribution in [0.2, 0.25) is 0 Å². The molecule has 0 radical (unpaired) electrons. The molecule has 1 atom stereocenters. The Hall–Kier alpha value is -1.84. The zero-order chi connectivity index (χ0) is 13.5. The lowest BCUT2D eigenvalue weighted by atomic mass is 10.1. The molecule has 98 valence electrons. The monoisotopic (exact) mass is 248 g/mol. The Balaban J connectivity index is 2.70. The van der Waals surface area contributed by atoms with Crippen molar-refractivity contribution in [1.29, 1.82) is 0 Å². The van der Waals surface area contributed by atoms with E-state index in [0.717, 1.165) is 12.8 Å². The molecule has 0 spiro atoms. The van der Waals surface area contributed by atoms with Crippen molar-refractivity contribution in [2.45, 2.75) is 39.2 Å². The summed E-state index contributed by atoms with van der Waals surface area (Å²) in [5.41, 5.74) is 6.96. The predicted molar refractivity (Wildman–Crippen MR) is 71.2 cm³/mol. The zero-order valence-corrected chi connectivity index (χ0v) is 10.9. The van der Waals surface area contributed by atoms with E-state index in [1.54, 1.807) is 12.1 Å². The van der Waals surface area contributed by atoms with Gasteiger partial charge in [-0.3, -0.25) is 9.59 Å². The molecular formula is C14H20N2O2. The van der Waals surface area contributed by atoms with Gasteiger partial charge in [-0.2, -0.15) is 0 Å². The Morgan fingerprint density at radius 2 is 1.83 bits per heavy atom. The first kappa shape index (κ1) is 14.2. The maximum Gasteiger partial charge on any atom is 0.251 e. The lowest BCUT2D eigenvalue weighted by Gasteiger charge is -2.14. The van der Waals surface area contributed by atoms with Crippen LogP contribution in [0, 0.1) is 0 Å². The molecule has 0 saturated carbocycles. The fourth-order valence-electron chi connectivity index (χ4n) is 1.71. The normalized spacial score (nSPS) is 11.9. The van der Waals surface area contributed by atoms with E-state index in [1.165, 1.54) is 5.56 Å². The van der Waals surface area contributed by atoms with Crippen molar-refractivity contribution in [1.82, 2.24) is 5.32 Å². The number of carbonyl (C=O) groups is 2. The summed E-state index contributed by atoms with van der Waals surface area (Å²) in [5.74, 6) is -0.745. The summed E-state index contributed by atoms with van der Waals surface area (Å²) in [5, 5.41) is 2.66. The average Bonchev–Trinajstić information content (AvgIpc) is 2.38. The minimum Gasteiger partial charge on any atom is -0.368 e. The van der Waals surface area contributed by atoms with E-state index in [2.05, 4.69) is 12.2 Å². The molecular weight excluding hydrogens is 228 g/mol. The van der Waals surface area contributed by atoms with Gasteiger partial charge in [-0.05, 0) is 30.5 Å². The number of primary amides is 1. The standard InChI is InChI=1S/C14H20N2O2/c1-3-5-12(13(15)17)16-14(18)11-8-6-10(4-2)7-9-11/h6-9,12H,3-5H2,1-2H3,(H2,15,17)(H,16,18). The van der Waals surface area contributed by atoms with E-state index in [4.69, 9.17) is 5.73 Å². The largest absolute Gasteiger partial charge is 0.368 e. The molecule has 0 aliphatic carbocycles. The highest BCUT2D eigenvalue weighted by Gasteiger charge is 2.17. The van der Waals surface area contributed by atoms with Crippen molar-refractivity contribution >= 4 is 11.8 Å². The van der Waals surface area contributed by atoms with Crippen molar-refractivity contribution in [3.05, 3.63) is 35.4 Å². The molecule has 0 aliphatic heterocycles. The first-order chi connectivity index (χ1) is 8.58. The minimum atomic E-state index is -0.589. The van der Waals surface area contributed by atoms with Crippen LogP contribution in [0.15, 0.2) is 24.3 Å². The van der Waals surface area contributed by atoms with E-state index in [-0.39, 0.29) is 5.91 Å². The molecule has 0 aromatic heterocycles. The maximum absolute atomic E-state index is 11.9. The van der Waals surface area contributed by atoms with Crippen molar-refractivity contribution in [3.63, 3.8) is 0 Å². The summed E-state index contributed by atoms with van der Waals surface area (Å²) in [6.45, 7) is 4.00. The fourth-order valence-corrected chi connectivity index (χ4v) is 1.71. The van der Waals surface area contributed by atoms with Crippen LogP contribution >= 0.6 is 0 Å². The van der Waals surface area contributed by atoms with Gasteiger partial charge in [-0.25, -0.2) is 0 Å². The number of nitrogens with two attached hydrogens (primary N) is 1. The van der Waals surface area contributed by atoms with Crippen molar-refractivity contribution in [2.24, 2.45) is 5.73 Å². The second-order valence-corrected chi connectivity index (χ2v) is 4.27. The molecule has 3 N–H and O–H groups in total. The fraction of sp³-hybridized carbons (Fsp3) is 0.429. The SMILES string of the molecule is CCCC(NC(=O)c1ccc(CC)cc1)C(N)=O. The van der Waals surface area contributed by atoms with E-state index in [0.29, 0.717) is 12.0 Å². The van der Waals surface area contributed by atoms with Crippen molar-refractivity contribution in [3.8, 4) is 0 Å². The third kappa shape index (κ3) is 3.87. The molecule has 2 amide bonds. The van der Waals surface area contributed by atoms with Gasteiger partial charge in [0, 0.05) is 5.56 Å². The molecule has 0 fully saturated rings. The van der Waals surface area contributed by atoms with Gasteiger partial charge >= 0.3 is 0 Å². The van der Waals surface area contributed by atoms with Crippen LogP contribution in [0.3, 0.4) is 0 Å². The Bertz CT molecular complexity index is 412. The van der Waals surface area contributed by atoms with Crippen LogP contribution in [-0.4, -0.2) is 17.9 Å². The number of carbonyl (C=O) groups excluding carboxylic acids is 2. The summed E-state index contributed by atoms with van der Waals surface area (Å²) in [4.78, 5) is 23.1. The van der Waals surface area contributed by atoms with Crippen molar-refractivity contribution < 1.29 is 9.59 Å². The van der Waals surface area contributed by atoms with Gasteiger partial charge in [-0.1, -0.05) is 32.4 Å². The third-order valence-electron chi connectivity index (χ3n) is 2.85. The van der Waals surface area contributed by atoms with Gasteiger partial charge in [0.2, 0.25) is 5.91 Å². The summed E-state index contributed by atoms with van der Waals surface area (Å²) in [7, 11) is 0. The predicted octanol–water partition coefficient (Wildman–Crippen LogP) is 1.63. The molecule has 4 nitrogen and oxygen atoms in total. The third-order valence-corrected chi connectivity index (χ3v) is 2.85. The minimum absolute atomic E-state index is 0.255. The van der Waals surface area contributed by atoms with Crippen LogP contribution in [0.4, 0.5) is 0 Å². The summed E-state index contributed by atoms with van der Waals surface area (Å²) in [6.07, 6.45) is 2.29. The Kier molecular flexibility index (Phi) is 5.36. The maximum atomic E-state index is 11.9. The van der Waals surface area contributed by atoms with Crippen molar-refractivity contribution in [2.75, 3.05) is 0 Å². The lowest BCUT2D eigenvalue weighted by Crippen LogP contribution is -2.44. The van der Waals surface area contributed by atoms with Gasteiger partial charge in [0.05, 0.1) is 0 Å². The number of hydrogen-bond acceptors (Lipinski definition) is 2. The first-order valence-corrected chi connectivity index (χ1v) is 6.27. The van der Waals surface area contributed by atoms with Gasteiger partial charge in [0.15, 0.2) is 0 Å². The second kappa shape index (κ2) is 6.79. The van der Waals surface area contributed by atoms with Gasteiger partial charge in [0.1, 0.15) is 6.04 Å². The summed E-state index contributed by atoms with van der Waals surface area (Å²) < 4.78 is 0. The number of nitrogens with one attached hydrogen (secondary N) is 1. The van der Waals surface area contributed by atoms with Gasteiger partial charge < -0.3 is 11.1 Å². The number of benzene rings is 1. The summed E-state index contributed by atoms with van der Waals surface area (Å²) in [6, 6.07) is 6.76. The van der Waals surface area contributed by atoms with Crippen LogP contribution in [-0.2, 0) is 11.2 Å². The van der Waals surface area contributed by atoms with Crippen LogP contribution in [0.25, 0.3) is 0 Å². The van der Waals surface area contributed by atoms with E-state index < -0.39 is 11.9 Å². The van der Waals surface area contributed by atoms with Gasteiger partial charge in [0.25, 0.3) is 5.91 Å². The molecule has 0 aliphatic rings. The Morgan fingerprint density at radius 1 is 1.22 bits per heavy atom. The molecule has 1 aromatic carbocycles. The molecule has 0 saturated heterocycles. The smallest absolute Gasteiger partial charge is 0.251 e. The van der Waals surface area contributed by atoms with E-state index >= 15 is 0 Å². The molecule has 0 bridgehead atoms. The number of amides is 2. The topological polar surface area (TPSA) is 72.2 Å². The Labute approximate surface area is 108 Å². The first-order valence-electron chi connectivity index (χ1n) is 6.27. The highest BCUT2D eigenvalue weighted by molar-refractivity contribution is 5.97. The van der Waals surface area contributed by atoms with Crippen LogP contribution in [0.5, 0.6) is 0 Å². The van der Waals surface area contributed by atoms with Crippen LogP contribution < -0.4 is 11.1 Å². The number of rotatable bonds is 6. The Morgan fingerprint density at radius 3 is 2.28 bits per heavy atom. The van der Waals surface area contributed by atoms with Gasteiger partial charge in [-0.15, -0.1) is 0 Å². The molecule has 1 rings (SSSR count). The zero-order valence-electron chi connectivity index (χ0n) is 10.9. The lowest BCUT2D eigenvalue weighted by molar-refractivity contribution is -0.120. The number of aryl methyl sites for hydroxylation is 1. The molecule has 4 heteroatoms. The molecule has 0 heterocycles. The average molecular weight is 248 g/mol. The summed E-state index contributed by atoms with van der Waals surface area (Å²) >= 11 is 0. The number of hydrogen-bond donors (Lipinski definition) is 2. The second-order valence-electron chi connectivity index (χ2n) is 4.27. The van der Waals surface area contributed by atoms with E-state index in [1.807, 2.05) is 19.1 Å². The highest BCUT2D eigenvalue weighted by atomic mass is 16.2. The molecule has 1 unspecified atom stereocenters. The highest BCUT2D eigenvalue weighted by Crippen LogP contribution is 2.06. The quantitative estimate of drug-likeness (QED) is 0.803. The van der Waals surface area contributed by atoms with Crippen LogP contribution in [0.1, 0.15) is 42.6 Å².